The highest BCUT2D eigenvalue weighted by Gasteiger charge is 2.31. The van der Waals surface area contributed by atoms with E-state index in [4.69, 9.17) is 0 Å². The van der Waals surface area contributed by atoms with E-state index in [0.29, 0.717) is 11.5 Å². The molecule has 0 saturated carbocycles. The van der Waals surface area contributed by atoms with Crippen molar-refractivity contribution in [3.05, 3.63) is 60.2 Å². The first kappa shape index (κ1) is 28.2. The van der Waals surface area contributed by atoms with Crippen molar-refractivity contribution < 1.29 is 4.21 Å². The molecule has 2 aromatic rings. The van der Waals surface area contributed by atoms with E-state index in [1.54, 1.807) is 6.26 Å². The van der Waals surface area contributed by atoms with Gasteiger partial charge in [-0.15, -0.1) is 23.5 Å². The Labute approximate surface area is 230 Å². The Kier molecular flexibility index (Phi) is 10.8. The third-order valence-electron chi connectivity index (χ3n) is 8.08. The monoisotopic (exact) mass is 545 g/mol. The SMILES string of the molecule is CSc1ccc(SCCC2(C)CCN(CCC(c3ccccc3)N3CCN(S(C)=O)CC3)CC2)cc1. The second-order valence-electron chi connectivity index (χ2n) is 10.5. The van der Waals surface area contributed by atoms with Crippen molar-refractivity contribution in [2.45, 2.75) is 48.4 Å². The molecule has 7 heteroatoms. The molecular weight excluding hydrogens is 503 g/mol. The summed E-state index contributed by atoms with van der Waals surface area (Å²) in [5.74, 6) is 1.21. The Balaban J connectivity index is 1.24. The topological polar surface area (TPSA) is 26.8 Å². The molecule has 4 rings (SSSR count). The number of likely N-dealkylation sites (tertiary alicyclic amines) is 1. The highest BCUT2D eigenvalue weighted by Crippen LogP contribution is 2.37. The molecule has 0 amide bonds. The lowest BCUT2D eigenvalue weighted by molar-refractivity contribution is 0.0902. The van der Waals surface area contributed by atoms with Gasteiger partial charge in [-0.05, 0) is 92.6 Å². The Morgan fingerprint density at radius 1 is 0.917 bits per heavy atom. The van der Waals surface area contributed by atoms with E-state index in [2.05, 4.69) is 81.9 Å². The largest absolute Gasteiger partial charge is 0.303 e. The molecule has 36 heavy (non-hydrogen) atoms. The second-order valence-corrected chi connectivity index (χ2v) is 13.9. The number of hydrogen-bond donors (Lipinski definition) is 0. The summed E-state index contributed by atoms with van der Waals surface area (Å²) in [6.07, 6.45) is 9.00. The van der Waals surface area contributed by atoms with E-state index in [1.807, 2.05) is 23.5 Å². The summed E-state index contributed by atoms with van der Waals surface area (Å²) in [5.41, 5.74) is 1.89. The van der Waals surface area contributed by atoms with E-state index in [-0.39, 0.29) is 0 Å². The molecular formula is C29H43N3OS3. The predicted molar refractivity (Wildman–Crippen MR) is 158 cm³/mol. The van der Waals surface area contributed by atoms with Crippen LogP contribution in [-0.4, -0.2) is 82.4 Å². The van der Waals surface area contributed by atoms with Gasteiger partial charge in [0, 0.05) is 48.3 Å². The minimum atomic E-state index is -0.859. The molecule has 198 valence electrons. The van der Waals surface area contributed by atoms with Gasteiger partial charge in [-0.3, -0.25) is 4.90 Å². The Morgan fingerprint density at radius 3 is 2.17 bits per heavy atom. The van der Waals surface area contributed by atoms with Crippen LogP contribution in [0, 0.1) is 5.41 Å². The van der Waals surface area contributed by atoms with Crippen molar-refractivity contribution in [2.24, 2.45) is 5.41 Å². The molecule has 0 aromatic heterocycles. The fourth-order valence-electron chi connectivity index (χ4n) is 5.47. The van der Waals surface area contributed by atoms with Crippen LogP contribution < -0.4 is 0 Å². The standard InChI is InChI=1S/C29H43N3OS3/c1-29(16-24-35-27-11-9-26(34-2)10-12-27)14-18-30(19-15-29)17-13-28(25-7-5-4-6-8-25)31-20-22-32(23-21-31)36(3)33/h4-12,28H,13-24H2,1-3H3. The third-order valence-corrected chi connectivity index (χ3v) is 10.9. The number of nitrogens with zero attached hydrogens (tertiary/aromatic N) is 3. The van der Waals surface area contributed by atoms with E-state index in [9.17, 15) is 4.21 Å². The van der Waals surface area contributed by atoms with Crippen molar-refractivity contribution >= 4 is 34.5 Å². The van der Waals surface area contributed by atoms with Crippen molar-refractivity contribution in [1.29, 1.82) is 0 Å². The third kappa shape index (κ3) is 8.08. The van der Waals surface area contributed by atoms with E-state index >= 15 is 0 Å². The van der Waals surface area contributed by atoms with E-state index in [1.165, 1.54) is 53.5 Å². The highest BCUT2D eigenvalue weighted by atomic mass is 32.2. The normalized spacial score (nSPS) is 21.3. The molecule has 2 aliphatic rings. The molecule has 0 radical (unpaired) electrons. The van der Waals surface area contributed by atoms with Crippen molar-refractivity contribution in [3.8, 4) is 0 Å². The van der Waals surface area contributed by atoms with Crippen LogP contribution in [0.2, 0.25) is 0 Å². The zero-order valence-corrected chi connectivity index (χ0v) is 24.7. The van der Waals surface area contributed by atoms with Crippen LogP contribution in [0.3, 0.4) is 0 Å². The van der Waals surface area contributed by atoms with Gasteiger partial charge in [0.1, 0.15) is 0 Å². The number of benzene rings is 2. The summed E-state index contributed by atoms with van der Waals surface area (Å²) in [4.78, 5) is 8.05. The van der Waals surface area contributed by atoms with Crippen molar-refractivity contribution in [2.75, 3.05) is 64.1 Å². The molecule has 4 nitrogen and oxygen atoms in total. The fraction of sp³-hybridized carbons (Fsp3) is 0.586. The van der Waals surface area contributed by atoms with Gasteiger partial charge in [0.2, 0.25) is 0 Å². The zero-order valence-electron chi connectivity index (χ0n) is 22.2. The van der Waals surface area contributed by atoms with Crippen molar-refractivity contribution in [1.82, 2.24) is 14.1 Å². The molecule has 2 atom stereocenters. The lowest BCUT2D eigenvalue weighted by Gasteiger charge is -2.42. The van der Waals surface area contributed by atoms with Gasteiger partial charge in [0.15, 0.2) is 0 Å². The summed E-state index contributed by atoms with van der Waals surface area (Å²) < 4.78 is 14.0. The van der Waals surface area contributed by atoms with Crippen molar-refractivity contribution in [3.63, 3.8) is 0 Å². The molecule has 2 aromatic carbocycles. The maximum Gasteiger partial charge on any atom is 0.0911 e. The second kappa shape index (κ2) is 13.8. The first-order chi connectivity index (χ1) is 17.5. The lowest BCUT2D eigenvalue weighted by Crippen LogP contribution is -2.48. The van der Waals surface area contributed by atoms with Crippen LogP contribution in [0.4, 0.5) is 0 Å². The summed E-state index contributed by atoms with van der Waals surface area (Å²) in [6.45, 7) is 9.88. The first-order valence-corrected chi connectivity index (χ1v) is 17.0. The van der Waals surface area contributed by atoms with Crippen LogP contribution in [0.5, 0.6) is 0 Å². The number of rotatable bonds is 11. The average Bonchev–Trinajstić information content (AvgIpc) is 2.91. The quantitative estimate of drug-likeness (QED) is 0.321. The number of piperazine rings is 1. The molecule has 0 spiro atoms. The molecule has 0 aliphatic carbocycles. The number of thioether (sulfide) groups is 2. The van der Waals surface area contributed by atoms with E-state index in [0.717, 1.165) is 39.1 Å². The molecule has 0 bridgehead atoms. The molecule has 2 heterocycles. The van der Waals surface area contributed by atoms with E-state index < -0.39 is 11.0 Å². The first-order valence-electron chi connectivity index (χ1n) is 13.3. The summed E-state index contributed by atoms with van der Waals surface area (Å²) in [5, 5.41) is 0. The molecule has 2 aliphatic heterocycles. The summed E-state index contributed by atoms with van der Waals surface area (Å²) in [6, 6.07) is 20.5. The lowest BCUT2D eigenvalue weighted by atomic mass is 9.78. The highest BCUT2D eigenvalue weighted by molar-refractivity contribution is 7.99. The Morgan fingerprint density at radius 2 is 1.56 bits per heavy atom. The van der Waals surface area contributed by atoms with Crippen LogP contribution in [0.1, 0.15) is 44.2 Å². The Bertz CT molecular complexity index is 940. The van der Waals surface area contributed by atoms with Crippen LogP contribution in [0.25, 0.3) is 0 Å². The molecule has 2 saturated heterocycles. The maximum absolute atomic E-state index is 11.9. The summed E-state index contributed by atoms with van der Waals surface area (Å²) >= 11 is 3.82. The maximum atomic E-state index is 11.9. The van der Waals surface area contributed by atoms with Gasteiger partial charge in [-0.1, -0.05) is 37.3 Å². The van der Waals surface area contributed by atoms with Gasteiger partial charge >= 0.3 is 0 Å². The van der Waals surface area contributed by atoms with Crippen LogP contribution in [-0.2, 0) is 11.0 Å². The number of hydrogen-bond acceptors (Lipinski definition) is 5. The molecule has 2 unspecified atom stereocenters. The summed E-state index contributed by atoms with van der Waals surface area (Å²) in [7, 11) is -0.859. The fourth-order valence-corrected chi connectivity index (χ4v) is 7.71. The zero-order chi connectivity index (χ0) is 25.4. The average molecular weight is 546 g/mol. The molecule has 2 fully saturated rings. The Hall–Kier alpha value is -0.830. The minimum Gasteiger partial charge on any atom is -0.303 e. The van der Waals surface area contributed by atoms with Gasteiger partial charge in [-0.25, -0.2) is 8.51 Å². The van der Waals surface area contributed by atoms with Gasteiger partial charge in [-0.2, -0.15) is 0 Å². The van der Waals surface area contributed by atoms with Gasteiger partial charge in [0.25, 0.3) is 0 Å². The van der Waals surface area contributed by atoms with Crippen LogP contribution >= 0.6 is 23.5 Å². The number of piperidine rings is 1. The molecule has 0 N–H and O–H groups in total. The minimum absolute atomic E-state index is 0.445. The van der Waals surface area contributed by atoms with Crippen LogP contribution in [0.15, 0.2) is 64.4 Å². The van der Waals surface area contributed by atoms with Gasteiger partial charge < -0.3 is 4.90 Å². The smallest absolute Gasteiger partial charge is 0.0911 e. The predicted octanol–water partition coefficient (Wildman–Crippen LogP) is 6.04. The van der Waals surface area contributed by atoms with Gasteiger partial charge in [0.05, 0.1) is 11.0 Å².